The van der Waals surface area contributed by atoms with Crippen molar-refractivity contribution in [3.05, 3.63) is 52.0 Å². The molecule has 0 saturated carbocycles. The van der Waals surface area contributed by atoms with E-state index in [-0.39, 0.29) is 5.41 Å². The van der Waals surface area contributed by atoms with E-state index in [1.165, 1.54) is 41.3 Å². The maximum absolute atomic E-state index is 3.79. The van der Waals surface area contributed by atoms with Gasteiger partial charge in [-0.1, -0.05) is 106 Å². The molecule has 0 bridgehead atoms. The summed E-state index contributed by atoms with van der Waals surface area (Å²) >= 11 is 3.79. The SMILES string of the molecule is CCCC(C)C1(C(C)CCC)c2cc(Br)ccc2-c2ccc([Si](C)(C)C)cc21. The van der Waals surface area contributed by atoms with Crippen LogP contribution in [0.1, 0.15) is 64.5 Å². The largest absolute Gasteiger partial charge is 0.0776 e. The summed E-state index contributed by atoms with van der Waals surface area (Å²) in [4.78, 5) is 0. The molecule has 1 aliphatic carbocycles. The Labute approximate surface area is 182 Å². The monoisotopic (exact) mass is 456 g/mol. The quantitative estimate of drug-likeness (QED) is 0.368. The number of rotatable bonds is 7. The number of hydrogen-bond acceptors (Lipinski definition) is 0. The summed E-state index contributed by atoms with van der Waals surface area (Å²) in [5, 5.41) is 1.59. The van der Waals surface area contributed by atoms with Crippen LogP contribution in [-0.4, -0.2) is 8.07 Å². The van der Waals surface area contributed by atoms with Gasteiger partial charge in [0, 0.05) is 9.89 Å². The van der Waals surface area contributed by atoms with Crippen molar-refractivity contribution in [2.24, 2.45) is 11.8 Å². The third-order valence-electron chi connectivity index (χ3n) is 7.05. The van der Waals surface area contributed by atoms with E-state index < -0.39 is 8.07 Å². The van der Waals surface area contributed by atoms with Gasteiger partial charge >= 0.3 is 0 Å². The lowest BCUT2D eigenvalue weighted by molar-refractivity contribution is 0.222. The molecule has 2 heteroatoms. The zero-order valence-electron chi connectivity index (χ0n) is 18.8. The summed E-state index contributed by atoms with van der Waals surface area (Å²) in [5.74, 6) is 1.26. The van der Waals surface area contributed by atoms with Crippen LogP contribution in [0.15, 0.2) is 40.9 Å². The lowest BCUT2D eigenvalue weighted by atomic mass is 9.60. The highest BCUT2D eigenvalue weighted by molar-refractivity contribution is 9.10. The first kappa shape index (κ1) is 21.8. The van der Waals surface area contributed by atoms with Crippen molar-refractivity contribution in [3.8, 4) is 11.1 Å². The molecule has 3 rings (SSSR count). The summed E-state index contributed by atoms with van der Waals surface area (Å²) in [7, 11) is -1.37. The fourth-order valence-electron chi connectivity index (χ4n) is 5.70. The van der Waals surface area contributed by atoms with E-state index in [1.54, 1.807) is 16.3 Å². The smallest absolute Gasteiger partial charge is 0.0656 e. The average Bonchev–Trinajstić information content (AvgIpc) is 2.91. The Morgan fingerprint density at radius 3 is 1.82 bits per heavy atom. The molecule has 0 spiro atoms. The van der Waals surface area contributed by atoms with Gasteiger partial charge in [-0.2, -0.15) is 0 Å². The minimum atomic E-state index is -1.37. The molecule has 1 aliphatic rings. The molecular weight excluding hydrogens is 420 g/mol. The number of hydrogen-bond donors (Lipinski definition) is 0. The van der Waals surface area contributed by atoms with Crippen molar-refractivity contribution in [1.29, 1.82) is 0 Å². The predicted molar refractivity (Wildman–Crippen MR) is 131 cm³/mol. The first-order valence-electron chi connectivity index (χ1n) is 11.1. The molecule has 2 aromatic carbocycles. The van der Waals surface area contributed by atoms with E-state index in [0.29, 0.717) is 11.8 Å². The van der Waals surface area contributed by atoms with Crippen LogP contribution >= 0.6 is 15.9 Å². The Bertz CT molecular complexity index is 834. The van der Waals surface area contributed by atoms with Gasteiger partial charge in [0.2, 0.25) is 0 Å². The summed E-state index contributed by atoms with van der Waals surface area (Å²) in [6.45, 7) is 17.1. The van der Waals surface area contributed by atoms with Crippen LogP contribution in [0.3, 0.4) is 0 Å². The van der Waals surface area contributed by atoms with Gasteiger partial charge in [-0.15, -0.1) is 0 Å². The Balaban J connectivity index is 2.38. The van der Waals surface area contributed by atoms with Crippen LogP contribution in [0, 0.1) is 11.8 Å². The second kappa shape index (κ2) is 8.11. The Kier molecular flexibility index (Phi) is 6.32. The van der Waals surface area contributed by atoms with Crippen molar-refractivity contribution in [2.45, 2.75) is 78.4 Å². The van der Waals surface area contributed by atoms with Crippen molar-refractivity contribution in [2.75, 3.05) is 0 Å². The first-order valence-corrected chi connectivity index (χ1v) is 15.4. The minimum Gasteiger partial charge on any atom is -0.0656 e. The van der Waals surface area contributed by atoms with Crippen molar-refractivity contribution in [1.82, 2.24) is 0 Å². The van der Waals surface area contributed by atoms with Gasteiger partial charge in [-0.05, 0) is 59.1 Å². The van der Waals surface area contributed by atoms with E-state index in [9.17, 15) is 0 Å². The van der Waals surface area contributed by atoms with Crippen LogP contribution in [0.4, 0.5) is 0 Å². The lowest BCUT2D eigenvalue weighted by Gasteiger charge is -2.44. The molecule has 0 nitrogen and oxygen atoms in total. The Hall–Kier alpha value is -0.863. The third-order valence-corrected chi connectivity index (χ3v) is 9.58. The van der Waals surface area contributed by atoms with Crippen molar-refractivity contribution >= 4 is 29.2 Å². The van der Waals surface area contributed by atoms with Crippen LogP contribution in [0.5, 0.6) is 0 Å². The summed E-state index contributed by atoms with van der Waals surface area (Å²) in [6.07, 6.45) is 5.04. The molecule has 0 N–H and O–H groups in total. The van der Waals surface area contributed by atoms with Crippen LogP contribution in [0.25, 0.3) is 11.1 Å². The summed E-state index contributed by atoms with van der Waals surface area (Å²) in [6, 6.07) is 14.5. The molecular formula is C26H37BrSi. The minimum absolute atomic E-state index is 0.121. The highest BCUT2D eigenvalue weighted by atomic mass is 79.9. The molecule has 152 valence electrons. The molecule has 2 unspecified atom stereocenters. The Morgan fingerprint density at radius 2 is 1.32 bits per heavy atom. The van der Waals surface area contributed by atoms with E-state index in [1.807, 2.05) is 0 Å². The molecule has 0 aliphatic heterocycles. The third kappa shape index (κ3) is 3.45. The second-order valence-corrected chi connectivity index (χ2v) is 15.9. The van der Waals surface area contributed by atoms with E-state index >= 15 is 0 Å². The highest BCUT2D eigenvalue weighted by Gasteiger charge is 2.50. The molecule has 0 fully saturated rings. The summed E-state index contributed by atoms with van der Waals surface area (Å²) < 4.78 is 1.21. The van der Waals surface area contributed by atoms with Gasteiger partial charge in [0.15, 0.2) is 0 Å². The molecule has 0 amide bonds. The van der Waals surface area contributed by atoms with E-state index in [4.69, 9.17) is 0 Å². The standard InChI is InChI=1S/C26H37BrSi/c1-8-10-18(3)26(19(4)11-9-2)24-16-20(27)12-14-22(24)23-15-13-21(17-25(23)26)28(5,6)7/h12-19H,8-11H2,1-7H3. The van der Waals surface area contributed by atoms with Gasteiger partial charge < -0.3 is 0 Å². The summed E-state index contributed by atoms with van der Waals surface area (Å²) in [5.41, 5.74) is 6.24. The predicted octanol–water partition coefficient (Wildman–Crippen LogP) is 8.13. The van der Waals surface area contributed by atoms with Gasteiger partial charge in [-0.3, -0.25) is 0 Å². The van der Waals surface area contributed by atoms with E-state index in [0.717, 1.165) is 0 Å². The molecule has 0 heterocycles. The normalized spacial score (nSPS) is 20.6. The van der Waals surface area contributed by atoms with Gasteiger partial charge in [0.05, 0.1) is 8.07 Å². The molecule has 2 atom stereocenters. The molecule has 0 radical (unpaired) electrons. The van der Waals surface area contributed by atoms with Gasteiger partial charge in [0.1, 0.15) is 0 Å². The fraction of sp³-hybridized carbons (Fsp3) is 0.538. The van der Waals surface area contributed by atoms with Crippen LogP contribution < -0.4 is 5.19 Å². The molecule has 28 heavy (non-hydrogen) atoms. The molecule has 0 aromatic heterocycles. The maximum atomic E-state index is 3.79. The van der Waals surface area contributed by atoms with Gasteiger partial charge in [-0.25, -0.2) is 0 Å². The van der Waals surface area contributed by atoms with Crippen molar-refractivity contribution < 1.29 is 0 Å². The number of fused-ring (bicyclic) bond motifs is 3. The van der Waals surface area contributed by atoms with Crippen LogP contribution in [0.2, 0.25) is 19.6 Å². The zero-order valence-corrected chi connectivity index (χ0v) is 21.4. The maximum Gasteiger partial charge on any atom is 0.0776 e. The molecule has 0 saturated heterocycles. The highest BCUT2D eigenvalue weighted by Crippen LogP contribution is 2.58. The number of benzene rings is 2. The topological polar surface area (TPSA) is 0 Å². The molecule has 2 aromatic rings. The number of halogens is 1. The second-order valence-electron chi connectivity index (χ2n) is 9.95. The van der Waals surface area contributed by atoms with Crippen molar-refractivity contribution in [3.63, 3.8) is 0 Å². The van der Waals surface area contributed by atoms with E-state index in [2.05, 4.69) is 99.7 Å². The zero-order chi connectivity index (χ0) is 20.7. The van der Waals surface area contributed by atoms with Gasteiger partial charge in [0.25, 0.3) is 0 Å². The van der Waals surface area contributed by atoms with Crippen LogP contribution in [-0.2, 0) is 5.41 Å². The first-order chi connectivity index (χ1) is 13.2. The Morgan fingerprint density at radius 1 is 0.821 bits per heavy atom. The fourth-order valence-corrected chi connectivity index (χ4v) is 7.22. The average molecular weight is 458 g/mol. The lowest BCUT2D eigenvalue weighted by Crippen LogP contribution is -2.42.